The largest absolute Gasteiger partial charge is 0.347 e. The normalized spacial score (nSPS) is 21.9. The quantitative estimate of drug-likeness (QED) is 0.109. The van der Waals surface area contributed by atoms with Crippen LogP contribution in [0, 0.1) is 11.8 Å². The molecule has 6 amide bonds. The van der Waals surface area contributed by atoms with E-state index in [2.05, 4.69) is 92.6 Å². The van der Waals surface area contributed by atoms with Crippen molar-refractivity contribution in [3.05, 3.63) is 82.9 Å². The van der Waals surface area contributed by atoms with Crippen molar-refractivity contribution >= 4 is 35.4 Å². The van der Waals surface area contributed by atoms with Gasteiger partial charge in [-0.2, -0.15) is 0 Å². The van der Waals surface area contributed by atoms with E-state index in [9.17, 15) is 28.8 Å². The minimum Gasteiger partial charge on any atom is -0.347 e. The van der Waals surface area contributed by atoms with Crippen molar-refractivity contribution in [3.63, 3.8) is 0 Å². The van der Waals surface area contributed by atoms with Crippen molar-refractivity contribution in [2.45, 2.75) is 154 Å². The van der Waals surface area contributed by atoms with Crippen molar-refractivity contribution in [2.75, 3.05) is 27.2 Å². The standard InChI is InChI=1S/C54H74N8O6/c1-31(2)47(59-49(63)33(5)55-7)53(67)61-29-13-23-45(61)51(65)57-43-21-11-17-39-37(15-9-19-41(39)43)35-25-27-36(28-26-35)38-16-10-20-42-40(38)18-12-22-44(42)58-52(66)46-24-14-30-62(46)54(68)48(32(3)4)60-50(64)34(6)56-8/h9-10,15-16,19-20,25-28,31-34,43-48,55-56H,11-14,17-18,21-24,29-30H2,1-8H3,(H,57,65)(H,58,66)(H,59,63)(H,60,64)/t33?,34?,43-,44-,45+,46+,47?,48?/m1/s1. The first-order valence-corrected chi connectivity index (χ1v) is 25.1. The van der Waals surface area contributed by atoms with E-state index in [0.717, 1.165) is 84.7 Å². The van der Waals surface area contributed by atoms with Gasteiger partial charge in [0.05, 0.1) is 24.2 Å². The Balaban J connectivity index is 1.03. The first-order chi connectivity index (χ1) is 32.6. The van der Waals surface area contributed by atoms with Crippen LogP contribution in [0.15, 0.2) is 60.7 Å². The van der Waals surface area contributed by atoms with Crippen LogP contribution in [0.25, 0.3) is 22.3 Å². The van der Waals surface area contributed by atoms with Gasteiger partial charge in [-0.3, -0.25) is 28.8 Å². The lowest BCUT2D eigenvalue weighted by atomic mass is 9.81. The molecule has 0 spiro atoms. The SMILES string of the molecule is CNC(C)C(=O)NC(C(=O)N1CCC[C@H]1C(=O)N[C@@H]1CCCc2c(-c3ccc(-c4cccc5c4CCC[C@H]5NC(=O)[C@@H]4CCCN4C(=O)C(NC(=O)C(C)NC)C(C)C)cc3)cccc21)C(C)C. The molecule has 8 atom stereocenters. The second-order valence-corrected chi connectivity index (χ2v) is 20.1. The molecule has 14 nitrogen and oxygen atoms in total. The summed E-state index contributed by atoms with van der Waals surface area (Å²) in [5.41, 5.74) is 9.15. The Labute approximate surface area is 402 Å². The number of nitrogens with zero attached hydrogens (tertiary/aromatic N) is 2. The summed E-state index contributed by atoms with van der Waals surface area (Å²) in [4.78, 5) is 84.8. The maximum atomic E-state index is 14.1. The number of likely N-dealkylation sites (N-methyl/N-ethyl adjacent to an activating group) is 2. The molecule has 68 heavy (non-hydrogen) atoms. The van der Waals surface area contributed by atoms with Gasteiger partial charge >= 0.3 is 0 Å². The molecule has 366 valence electrons. The number of carbonyl (C=O) groups is 6. The van der Waals surface area contributed by atoms with Gasteiger partial charge in [0.15, 0.2) is 0 Å². The van der Waals surface area contributed by atoms with Crippen molar-refractivity contribution in [3.8, 4) is 22.3 Å². The number of likely N-dealkylation sites (tertiary alicyclic amines) is 2. The Morgan fingerprint density at radius 2 is 0.897 bits per heavy atom. The number of amides is 6. The maximum absolute atomic E-state index is 14.1. The zero-order valence-corrected chi connectivity index (χ0v) is 41.4. The average Bonchev–Trinajstić information content (AvgIpc) is 4.05. The molecular weight excluding hydrogens is 857 g/mol. The molecule has 4 unspecified atom stereocenters. The second kappa shape index (κ2) is 22.2. The fraction of sp³-hybridized carbons (Fsp3) is 0.556. The summed E-state index contributed by atoms with van der Waals surface area (Å²) < 4.78 is 0. The highest BCUT2D eigenvalue weighted by atomic mass is 16.2. The van der Waals surface area contributed by atoms with E-state index >= 15 is 0 Å². The number of hydrogen-bond acceptors (Lipinski definition) is 8. The van der Waals surface area contributed by atoms with Gasteiger partial charge in [0.2, 0.25) is 35.4 Å². The second-order valence-electron chi connectivity index (χ2n) is 20.1. The van der Waals surface area contributed by atoms with Gasteiger partial charge in [0.25, 0.3) is 0 Å². The molecule has 4 aliphatic rings. The fourth-order valence-corrected chi connectivity index (χ4v) is 10.7. The van der Waals surface area contributed by atoms with E-state index in [-0.39, 0.29) is 59.4 Å². The Morgan fingerprint density at radius 1 is 0.515 bits per heavy atom. The van der Waals surface area contributed by atoms with Gasteiger partial charge in [-0.05, 0) is 148 Å². The Morgan fingerprint density at radius 3 is 1.25 bits per heavy atom. The summed E-state index contributed by atoms with van der Waals surface area (Å²) in [6.45, 7) is 12.1. The lowest BCUT2D eigenvalue weighted by Gasteiger charge is -2.33. The van der Waals surface area contributed by atoms with Crippen LogP contribution in [0.3, 0.4) is 0 Å². The highest BCUT2D eigenvalue weighted by Crippen LogP contribution is 2.40. The number of fused-ring (bicyclic) bond motifs is 2. The summed E-state index contributed by atoms with van der Waals surface area (Å²) in [6, 6.07) is 17.5. The molecule has 3 aromatic rings. The molecule has 14 heteroatoms. The van der Waals surface area contributed by atoms with Crippen LogP contribution in [-0.2, 0) is 41.6 Å². The average molecular weight is 931 g/mol. The number of hydrogen-bond donors (Lipinski definition) is 6. The summed E-state index contributed by atoms with van der Waals surface area (Å²) in [5, 5.41) is 18.4. The molecular formula is C54H74N8O6. The molecule has 7 rings (SSSR count). The van der Waals surface area contributed by atoms with Gasteiger partial charge < -0.3 is 41.7 Å². The van der Waals surface area contributed by atoms with E-state index in [1.165, 1.54) is 11.1 Å². The lowest BCUT2D eigenvalue weighted by molar-refractivity contribution is -0.142. The number of rotatable bonds is 16. The Hall–Kier alpha value is -5.60. The topological polar surface area (TPSA) is 181 Å². The summed E-state index contributed by atoms with van der Waals surface area (Å²) >= 11 is 0. The van der Waals surface area contributed by atoms with Gasteiger partial charge in [0.1, 0.15) is 24.2 Å². The van der Waals surface area contributed by atoms with E-state index in [1.54, 1.807) is 37.7 Å². The highest BCUT2D eigenvalue weighted by molar-refractivity contribution is 5.95. The third kappa shape index (κ3) is 10.8. The van der Waals surface area contributed by atoms with E-state index < -0.39 is 36.3 Å². The first kappa shape index (κ1) is 50.3. The zero-order chi connectivity index (χ0) is 48.8. The minimum absolute atomic E-state index is 0.142. The molecule has 3 aromatic carbocycles. The predicted molar refractivity (Wildman–Crippen MR) is 265 cm³/mol. The van der Waals surface area contributed by atoms with Crippen LogP contribution >= 0.6 is 0 Å². The molecule has 2 fully saturated rings. The Bertz CT molecular complexity index is 2170. The van der Waals surface area contributed by atoms with E-state index in [4.69, 9.17) is 0 Å². The van der Waals surface area contributed by atoms with Crippen LogP contribution in [0.5, 0.6) is 0 Å². The fourth-order valence-electron chi connectivity index (χ4n) is 10.7. The minimum atomic E-state index is -0.722. The molecule has 2 aliphatic carbocycles. The molecule has 2 aliphatic heterocycles. The van der Waals surface area contributed by atoms with Gasteiger partial charge in [-0.15, -0.1) is 0 Å². The maximum Gasteiger partial charge on any atom is 0.246 e. The van der Waals surface area contributed by atoms with Crippen molar-refractivity contribution in [1.82, 2.24) is 41.7 Å². The number of carbonyl (C=O) groups excluding carboxylic acids is 6. The Kier molecular flexibility index (Phi) is 16.4. The summed E-state index contributed by atoms with van der Waals surface area (Å²) in [7, 11) is 3.41. The molecule has 0 saturated carbocycles. The molecule has 0 radical (unpaired) electrons. The van der Waals surface area contributed by atoms with Crippen molar-refractivity contribution < 1.29 is 28.8 Å². The van der Waals surface area contributed by atoms with Crippen LogP contribution in [0.1, 0.15) is 127 Å². The number of benzene rings is 3. The van der Waals surface area contributed by atoms with Gasteiger partial charge in [-0.1, -0.05) is 88.4 Å². The summed E-state index contributed by atoms with van der Waals surface area (Å²) in [6.07, 6.45) is 7.85. The van der Waals surface area contributed by atoms with Crippen LogP contribution in [0.2, 0.25) is 0 Å². The predicted octanol–water partition coefficient (Wildman–Crippen LogP) is 5.49. The molecule has 2 heterocycles. The van der Waals surface area contributed by atoms with Crippen LogP contribution < -0.4 is 31.9 Å². The van der Waals surface area contributed by atoms with Crippen molar-refractivity contribution in [1.29, 1.82) is 0 Å². The molecule has 2 saturated heterocycles. The lowest BCUT2D eigenvalue weighted by Crippen LogP contribution is -2.57. The van der Waals surface area contributed by atoms with Gasteiger partial charge in [0, 0.05) is 13.1 Å². The monoisotopic (exact) mass is 931 g/mol. The smallest absolute Gasteiger partial charge is 0.246 e. The van der Waals surface area contributed by atoms with Crippen LogP contribution in [-0.4, -0.2) is 109 Å². The van der Waals surface area contributed by atoms with E-state index in [0.29, 0.717) is 25.9 Å². The van der Waals surface area contributed by atoms with Gasteiger partial charge in [-0.25, -0.2) is 0 Å². The third-order valence-corrected chi connectivity index (χ3v) is 14.9. The molecule has 0 aromatic heterocycles. The zero-order valence-electron chi connectivity index (χ0n) is 41.4. The van der Waals surface area contributed by atoms with Crippen molar-refractivity contribution in [2.24, 2.45) is 11.8 Å². The molecule has 6 N–H and O–H groups in total. The van der Waals surface area contributed by atoms with E-state index in [1.807, 2.05) is 27.7 Å². The number of nitrogens with one attached hydrogen (secondary N) is 6. The highest BCUT2D eigenvalue weighted by Gasteiger charge is 2.42. The molecule has 0 bridgehead atoms. The summed E-state index contributed by atoms with van der Waals surface area (Å²) in [5.74, 6) is -1.51. The van der Waals surface area contributed by atoms with Crippen LogP contribution in [0.4, 0.5) is 0 Å². The third-order valence-electron chi connectivity index (χ3n) is 14.9. The first-order valence-electron chi connectivity index (χ1n) is 25.1.